The Morgan fingerprint density at radius 1 is 0.950 bits per heavy atom. The first kappa shape index (κ1) is 28.9. The average Bonchev–Trinajstić information content (AvgIpc) is 3.28. The monoisotopic (exact) mass is 548 g/mol. The van der Waals surface area contributed by atoms with Crippen molar-refractivity contribution in [3.05, 3.63) is 59.9 Å². The summed E-state index contributed by atoms with van der Waals surface area (Å²) in [4.78, 5) is 31.3. The summed E-state index contributed by atoms with van der Waals surface area (Å²) in [7, 11) is 0. The summed E-state index contributed by atoms with van der Waals surface area (Å²) >= 11 is 0. The van der Waals surface area contributed by atoms with Crippen LogP contribution in [0.4, 0.5) is 21.1 Å². The van der Waals surface area contributed by atoms with Crippen LogP contribution in [0.5, 0.6) is 5.88 Å². The lowest BCUT2D eigenvalue weighted by Gasteiger charge is -2.33. The molecule has 1 aliphatic rings. The summed E-state index contributed by atoms with van der Waals surface area (Å²) in [5, 5.41) is 10.6. The van der Waals surface area contributed by atoms with Crippen LogP contribution < -0.4 is 15.4 Å². The smallest absolute Gasteiger partial charge is 0.410 e. The van der Waals surface area contributed by atoms with Gasteiger partial charge in [0.2, 0.25) is 5.88 Å². The van der Waals surface area contributed by atoms with Crippen molar-refractivity contribution in [1.82, 2.24) is 19.7 Å². The number of pyridine rings is 1. The molecule has 2 N–H and O–H groups in total. The highest BCUT2D eigenvalue weighted by Crippen LogP contribution is 2.27. The van der Waals surface area contributed by atoms with Gasteiger partial charge in [-0.2, -0.15) is 5.10 Å². The molecule has 40 heavy (non-hydrogen) atoms. The molecule has 3 amide bonds. The van der Waals surface area contributed by atoms with Crippen molar-refractivity contribution in [3.63, 3.8) is 0 Å². The van der Waals surface area contributed by atoms with E-state index in [1.54, 1.807) is 27.9 Å². The maximum Gasteiger partial charge on any atom is 0.410 e. The summed E-state index contributed by atoms with van der Waals surface area (Å²) < 4.78 is 13.3. The van der Waals surface area contributed by atoms with Gasteiger partial charge in [0.25, 0.3) is 0 Å². The molecule has 0 bridgehead atoms. The molecule has 0 saturated carbocycles. The zero-order valence-electron chi connectivity index (χ0n) is 24.4. The molecule has 10 nitrogen and oxygen atoms in total. The number of amides is 3. The highest BCUT2D eigenvalue weighted by atomic mass is 16.6. The van der Waals surface area contributed by atoms with Gasteiger partial charge in [-0.3, -0.25) is 5.32 Å². The van der Waals surface area contributed by atoms with Crippen LogP contribution in [-0.2, 0) is 10.2 Å². The molecule has 2 aromatic heterocycles. The molecular weight excluding hydrogens is 508 g/mol. The second kappa shape index (κ2) is 11.6. The average molecular weight is 549 g/mol. The zero-order valence-corrected chi connectivity index (χ0v) is 24.4. The van der Waals surface area contributed by atoms with Gasteiger partial charge < -0.3 is 19.7 Å². The molecule has 0 atom stereocenters. The Labute approximate surface area is 236 Å². The van der Waals surface area contributed by atoms with Crippen molar-refractivity contribution >= 4 is 23.6 Å². The number of nitrogens with one attached hydrogen (secondary N) is 2. The Kier molecular flexibility index (Phi) is 8.37. The third-order valence-corrected chi connectivity index (χ3v) is 6.37. The highest BCUT2D eigenvalue weighted by molar-refractivity contribution is 5.99. The lowest BCUT2D eigenvalue weighted by Crippen LogP contribution is -2.44. The predicted octanol–water partition coefficient (Wildman–Crippen LogP) is 6.30. The number of piperidine rings is 1. The minimum absolute atomic E-state index is 0.0880. The van der Waals surface area contributed by atoms with Crippen LogP contribution in [0.1, 0.15) is 65.6 Å². The normalized spacial score (nSPS) is 14.5. The SMILES string of the molecule is Cc1ccc(-n2nc(C(C)(C)C)cc2NC(=O)Nc2ccnc(OC3CCN(C(=O)OC(C)(C)C)CC3)c2)cc1. The molecule has 0 unspecified atom stereocenters. The van der Waals surface area contributed by atoms with Gasteiger partial charge >= 0.3 is 12.1 Å². The minimum atomic E-state index is -0.525. The lowest BCUT2D eigenvalue weighted by molar-refractivity contribution is 0.0123. The fourth-order valence-corrected chi connectivity index (χ4v) is 4.20. The van der Waals surface area contributed by atoms with E-state index in [-0.39, 0.29) is 17.6 Å². The largest absolute Gasteiger partial charge is 0.474 e. The third kappa shape index (κ3) is 7.74. The maximum absolute atomic E-state index is 13.0. The van der Waals surface area contributed by atoms with E-state index in [0.29, 0.717) is 43.3 Å². The summed E-state index contributed by atoms with van der Waals surface area (Å²) in [5.41, 5.74) is 2.69. The van der Waals surface area contributed by atoms with Crippen LogP contribution >= 0.6 is 0 Å². The van der Waals surface area contributed by atoms with Gasteiger partial charge in [-0.15, -0.1) is 0 Å². The molecular formula is C30H40N6O4. The predicted molar refractivity (Wildman–Crippen MR) is 155 cm³/mol. The molecule has 3 heterocycles. The number of aromatic nitrogens is 3. The fourth-order valence-electron chi connectivity index (χ4n) is 4.20. The van der Waals surface area contributed by atoms with Gasteiger partial charge in [-0.25, -0.2) is 19.3 Å². The zero-order chi connectivity index (χ0) is 29.1. The van der Waals surface area contributed by atoms with Crippen molar-refractivity contribution in [1.29, 1.82) is 0 Å². The summed E-state index contributed by atoms with van der Waals surface area (Å²) in [6.45, 7) is 14.9. The number of nitrogens with zero attached hydrogens (tertiary/aromatic N) is 4. The molecule has 0 aliphatic carbocycles. The van der Waals surface area contributed by atoms with Gasteiger partial charge in [0.15, 0.2) is 0 Å². The third-order valence-electron chi connectivity index (χ3n) is 6.37. The van der Waals surface area contributed by atoms with Crippen LogP contribution in [0.25, 0.3) is 5.69 Å². The van der Waals surface area contributed by atoms with Crippen molar-refractivity contribution in [2.45, 2.75) is 78.4 Å². The van der Waals surface area contributed by atoms with E-state index in [1.165, 1.54) is 0 Å². The summed E-state index contributed by atoms with van der Waals surface area (Å²) in [5.74, 6) is 0.974. The number of ether oxygens (including phenoxy) is 2. The number of rotatable bonds is 5. The lowest BCUT2D eigenvalue weighted by atomic mass is 9.92. The highest BCUT2D eigenvalue weighted by Gasteiger charge is 2.28. The minimum Gasteiger partial charge on any atom is -0.474 e. The van der Waals surface area contributed by atoms with Crippen molar-refractivity contribution in [3.8, 4) is 11.6 Å². The Morgan fingerprint density at radius 2 is 1.62 bits per heavy atom. The molecule has 0 spiro atoms. The second-order valence-electron chi connectivity index (χ2n) is 12.2. The molecule has 1 saturated heterocycles. The van der Waals surface area contributed by atoms with Crippen molar-refractivity contribution < 1.29 is 19.1 Å². The first-order chi connectivity index (χ1) is 18.8. The topological polar surface area (TPSA) is 111 Å². The first-order valence-corrected chi connectivity index (χ1v) is 13.6. The number of aryl methyl sites for hydroxylation is 1. The maximum atomic E-state index is 13.0. The van der Waals surface area contributed by atoms with E-state index in [1.807, 2.05) is 58.0 Å². The van der Waals surface area contributed by atoms with Gasteiger partial charge in [0.1, 0.15) is 17.5 Å². The summed E-state index contributed by atoms with van der Waals surface area (Å²) in [6, 6.07) is 12.9. The van der Waals surface area contributed by atoms with Gasteiger partial charge in [0, 0.05) is 55.4 Å². The number of urea groups is 1. The fraction of sp³-hybridized carbons (Fsp3) is 0.467. The Bertz CT molecular complexity index is 1330. The van der Waals surface area contributed by atoms with Crippen LogP contribution in [-0.4, -0.2) is 56.6 Å². The quantitative estimate of drug-likeness (QED) is 0.387. The van der Waals surface area contributed by atoms with E-state index in [9.17, 15) is 9.59 Å². The molecule has 1 aliphatic heterocycles. The van der Waals surface area contributed by atoms with Crippen LogP contribution in [0, 0.1) is 6.92 Å². The van der Waals surface area contributed by atoms with E-state index >= 15 is 0 Å². The Balaban J connectivity index is 1.38. The number of anilines is 2. The first-order valence-electron chi connectivity index (χ1n) is 13.6. The number of carbonyl (C=O) groups is 2. The Morgan fingerprint density at radius 3 is 2.25 bits per heavy atom. The molecule has 0 radical (unpaired) electrons. The van der Waals surface area contributed by atoms with E-state index in [4.69, 9.17) is 14.6 Å². The van der Waals surface area contributed by atoms with E-state index in [0.717, 1.165) is 16.9 Å². The van der Waals surface area contributed by atoms with Gasteiger partial charge in [0.05, 0.1) is 11.4 Å². The van der Waals surface area contributed by atoms with Gasteiger partial charge in [-0.1, -0.05) is 38.5 Å². The van der Waals surface area contributed by atoms with Crippen LogP contribution in [0.15, 0.2) is 48.7 Å². The van der Waals surface area contributed by atoms with Crippen LogP contribution in [0.2, 0.25) is 0 Å². The standard InChI is InChI=1S/C30H40N6O4/c1-20-8-10-22(11-9-20)36-25(19-24(34-36)29(2,3)4)33-27(37)32-21-12-15-31-26(18-21)39-23-13-16-35(17-14-23)28(38)40-30(5,6)7/h8-12,15,18-19,23H,13-14,16-17H2,1-7H3,(H2,31,32,33,37). The molecule has 1 aromatic carbocycles. The molecule has 3 aromatic rings. The number of hydrogen-bond donors (Lipinski definition) is 2. The van der Waals surface area contributed by atoms with Gasteiger partial charge in [-0.05, 0) is 45.9 Å². The number of benzene rings is 1. The van der Waals surface area contributed by atoms with Crippen molar-refractivity contribution in [2.75, 3.05) is 23.7 Å². The molecule has 1 fully saturated rings. The number of hydrogen-bond acceptors (Lipinski definition) is 6. The van der Waals surface area contributed by atoms with E-state index < -0.39 is 11.6 Å². The molecule has 4 rings (SSSR count). The number of likely N-dealkylation sites (tertiary alicyclic amines) is 1. The molecule has 214 valence electrons. The van der Waals surface area contributed by atoms with E-state index in [2.05, 4.69) is 36.4 Å². The number of carbonyl (C=O) groups excluding carboxylic acids is 2. The van der Waals surface area contributed by atoms with Crippen LogP contribution in [0.3, 0.4) is 0 Å². The van der Waals surface area contributed by atoms with Crippen molar-refractivity contribution in [2.24, 2.45) is 0 Å². The Hall–Kier alpha value is -4.08. The molecule has 10 heteroatoms. The second-order valence-corrected chi connectivity index (χ2v) is 12.2. The summed E-state index contributed by atoms with van der Waals surface area (Å²) in [6.07, 6.45) is 2.53.